The van der Waals surface area contributed by atoms with Crippen LogP contribution in [0.1, 0.15) is 22.8 Å². The topological polar surface area (TPSA) is 102 Å². The van der Waals surface area contributed by atoms with Crippen LogP contribution < -0.4 is 4.72 Å². The molecule has 0 spiro atoms. The highest BCUT2D eigenvalue weighted by Crippen LogP contribution is 2.22. The maximum absolute atomic E-state index is 12.1. The zero-order valence-corrected chi connectivity index (χ0v) is 15.8. The highest BCUT2D eigenvalue weighted by molar-refractivity contribution is 7.90. The Balaban J connectivity index is 1.67. The third kappa shape index (κ3) is 4.17. The maximum atomic E-state index is 12.1. The summed E-state index contributed by atoms with van der Waals surface area (Å²) in [6.07, 6.45) is 0. The molecule has 1 aliphatic rings. The van der Waals surface area contributed by atoms with Gasteiger partial charge in [-0.05, 0) is 43.3 Å². The van der Waals surface area contributed by atoms with E-state index < -0.39 is 28.6 Å². The third-order valence-corrected chi connectivity index (χ3v) is 5.49. The largest absolute Gasteiger partial charge is 0.456 e. The number of ether oxygens (including phenoxy) is 1. The number of aliphatic imine (C=N–C) groups is 1. The Labute approximate surface area is 161 Å². The molecule has 1 atom stereocenters. The van der Waals surface area contributed by atoms with E-state index in [1.54, 1.807) is 30.3 Å². The number of carbonyl (C=O) groups excluding carboxylic acids is 2. The molecule has 0 aromatic heterocycles. The van der Waals surface area contributed by atoms with Crippen molar-refractivity contribution in [3.05, 3.63) is 64.7 Å². The molecule has 1 aliphatic heterocycles. The predicted molar refractivity (Wildman–Crippen MR) is 99.5 cm³/mol. The molecule has 0 radical (unpaired) electrons. The maximum Gasteiger partial charge on any atom is 0.331 e. The zero-order valence-electron chi connectivity index (χ0n) is 14.2. The number of amidine groups is 1. The van der Waals surface area contributed by atoms with E-state index in [0.717, 1.165) is 0 Å². The first kappa shape index (κ1) is 19.1. The van der Waals surface area contributed by atoms with Gasteiger partial charge in [0.2, 0.25) is 0 Å². The van der Waals surface area contributed by atoms with Gasteiger partial charge in [0.05, 0.1) is 4.90 Å². The number of esters is 1. The van der Waals surface area contributed by atoms with Crippen molar-refractivity contribution in [3.63, 3.8) is 0 Å². The van der Waals surface area contributed by atoms with Gasteiger partial charge in [-0.1, -0.05) is 23.7 Å². The van der Waals surface area contributed by atoms with E-state index in [2.05, 4.69) is 9.71 Å². The summed E-state index contributed by atoms with van der Waals surface area (Å²) in [6, 6.07) is 11.5. The zero-order chi connectivity index (χ0) is 19.6. The van der Waals surface area contributed by atoms with E-state index in [-0.39, 0.29) is 16.5 Å². The first-order chi connectivity index (χ1) is 12.8. The predicted octanol–water partition coefficient (Wildman–Crippen LogP) is 2.19. The summed E-state index contributed by atoms with van der Waals surface area (Å²) >= 11 is 5.76. The average Bonchev–Trinajstić information content (AvgIpc) is 2.90. The molecule has 27 heavy (non-hydrogen) atoms. The Morgan fingerprint density at radius 3 is 2.52 bits per heavy atom. The average molecular weight is 407 g/mol. The fraction of sp³-hybridized carbons (Fsp3) is 0.167. The Morgan fingerprint density at radius 2 is 1.81 bits per heavy atom. The van der Waals surface area contributed by atoms with Gasteiger partial charge < -0.3 is 4.74 Å². The minimum atomic E-state index is -3.69. The van der Waals surface area contributed by atoms with Gasteiger partial charge in [0, 0.05) is 16.1 Å². The van der Waals surface area contributed by atoms with Crippen LogP contribution in [0, 0.1) is 0 Å². The molecule has 0 amide bonds. The quantitative estimate of drug-likeness (QED) is 0.605. The van der Waals surface area contributed by atoms with Crippen molar-refractivity contribution < 1.29 is 22.7 Å². The number of hydrogen-bond acceptors (Lipinski definition) is 6. The number of fused-ring (bicyclic) bond motifs is 1. The van der Waals surface area contributed by atoms with Crippen LogP contribution in [-0.4, -0.2) is 38.7 Å². The molecule has 7 nitrogen and oxygen atoms in total. The normalized spacial score (nSPS) is 17.0. The molecule has 2 aromatic carbocycles. The Morgan fingerprint density at radius 1 is 1.15 bits per heavy atom. The standard InChI is InChI=1S/C18H15ClN2O5S/c1-11(18(23)26-10-15(22)12-6-8-13(19)9-7-12)20-17-14-4-2-3-5-16(14)27(24,25)21-17/h2-9,11H,10H2,1H3,(H,20,21)/t11-/m1/s1. The minimum Gasteiger partial charge on any atom is -0.456 e. The molecule has 140 valence electrons. The number of benzene rings is 2. The lowest BCUT2D eigenvalue weighted by molar-refractivity contribution is -0.143. The summed E-state index contributed by atoms with van der Waals surface area (Å²) in [4.78, 5) is 28.3. The fourth-order valence-electron chi connectivity index (χ4n) is 2.45. The lowest BCUT2D eigenvalue weighted by Crippen LogP contribution is -2.27. The summed E-state index contributed by atoms with van der Waals surface area (Å²) in [7, 11) is -3.69. The molecule has 2 aromatic rings. The van der Waals surface area contributed by atoms with Crippen LogP contribution >= 0.6 is 11.6 Å². The lowest BCUT2D eigenvalue weighted by atomic mass is 10.1. The molecule has 1 N–H and O–H groups in total. The Kier molecular flexibility index (Phi) is 5.29. The summed E-state index contributed by atoms with van der Waals surface area (Å²) in [5, 5.41) is 0.493. The van der Waals surface area contributed by atoms with E-state index in [9.17, 15) is 18.0 Å². The summed E-state index contributed by atoms with van der Waals surface area (Å²) in [6.45, 7) is 1.01. The number of Topliss-reactive ketones (excluding diaryl/α,β-unsaturated/α-hetero) is 1. The number of rotatable bonds is 5. The number of hydrogen-bond donors (Lipinski definition) is 1. The number of nitrogens with zero attached hydrogens (tertiary/aromatic N) is 1. The molecule has 1 heterocycles. The molecule has 9 heteroatoms. The van der Waals surface area contributed by atoms with Crippen molar-refractivity contribution in [3.8, 4) is 0 Å². The van der Waals surface area contributed by atoms with Crippen LogP contribution in [0.3, 0.4) is 0 Å². The fourth-order valence-corrected chi connectivity index (χ4v) is 3.82. The molecular formula is C18H15ClN2O5S. The van der Waals surface area contributed by atoms with Gasteiger partial charge in [0.1, 0.15) is 11.9 Å². The highest BCUT2D eigenvalue weighted by atomic mass is 35.5. The van der Waals surface area contributed by atoms with Crippen molar-refractivity contribution in [2.45, 2.75) is 17.9 Å². The molecule has 0 unspecified atom stereocenters. The lowest BCUT2D eigenvalue weighted by Gasteiger charge is -2.09. The van der Waals surface area contributed by atoms with E-state index in [0.29, 0.717) is 16.1 Å². The van der Waals surface area contributed by atoms with Crippen LogP contribution in [0.15, 0.2) is 58.4 Å². The van der Waals surface area contributed by atoms with Crippen LogP contribution in [0.5, 0.6) is 0 Å². The second-order valence-corrected chi connectivity index (χ2v) is 7.88. The number of sulfonamides is 1. The van der Waals surface area contributed by atoms with Crippen molar-refractivity contribution in [1.29, 1.82) is 0 Å². The second-order valence-electron chi connectivity index (χ2n) is 5.79. The molecule has 0 fully saturated rings. The van der Waals surface area contributed by atoms with Gasteiger partial charge in [-0.25, -0.2) is 13.2 Å². The number of nitrogens with one attached hydrogen (secondary N) is 1. The Bertz CT molecular complexity index is 1030. The Hall–Kier alpha value is -2.71. The van der Waals surface area contributed by atoms with Crippen molar-refractivity contribution in [1.82, 2.24) is 4.72 Å². The molecule has 0 bridgehead atoms. The number of carbonyl (C=O) groups is 2. The second kappa shape index (κ2) is 7.50. The first-order valence-electron chi connectivity index (χ1n) is 7.93. The van der Waals surface area contributed by atoms with E-state index in [1.807, 2.05) is 0 Å². The first-order valence-corrected chi connectivity index (χ1v) is 9.79. The smallest absolute Gasteiger partial charge is 0.331 e. The van der Waals surface area contributed by atoms with Crippen molar-refractivity contribution in [2.24, 2.45) is 4.99 Å². The monoisotopic (exact) mass is 406 g/mol. The molecular weight excluding hydrogens is 392 g/mol. The molecule has 3 rings (SSSR count). The summed E-state index contributed by atoms with van der Waals surface area (Å²) in [5.74, 6) is -1.06. The number of halogens is 1. The van der Waals surface area contributed by atoms with Gasteiger partial charge in [0.25, 0.3) is 10.0 Å². The summed E-state index contributed by atoms with van der Waals surface area (Å²) < 4.78 is 31.4. The van der Waals surface area contributed by atoms with Crippen LogP contribution in [0.4, 0.5) is 0 Å². The highest BCUT2D eigenvalue weighted by Gasteiger charge is 2.31. The van der Waals surface area contributed by atoms with Crippen LogP contribution in [-0.2, 0) is 19.6 Å². The van der Waals surface area contributed by atoms with Gasteiger partial charge in [-0.2, -0.15) is 0 Å². The molecule has 0 aliphatic carbocycles. The van der Waals surface area contributed by atoms with E-state index >= 15 is 0 Å². The van der Waals surface area contributed by atoms with Gasteiger partial charge in [-0.3, -0.25) is 14.5 Å². The van der Waals surface area contributed by atoms with Gasteiger partial charge in [0.15, 0.2) is 12.4 Å². The number of ketones is 1. The van der Waals surface area contributed by atoms with E-state index in [1.165, 1.54) is 25.1 Å². The minimum absolute atomic E-state index is 0.0686. The van der Waals surface area contributed by atoms with E-state index in [4.69, 9.17) is 16.3 Å². The SMILES string of the molecule is C[C@@H](N=C1NS(=O)(=O)c2ccccc21)C(=O)OCC(=O)c1ccc(Cl)cc1. The van der Waals surface area contributed by atoms with Gasteiger partial charge in [-0.15, -0.1) is 0 Å². The van der Waals surface area contributed by atoms with Crippen LogP contribution in [0.2, 0.25) is 5.02 Å². The van der Waals surface area contributed by atoms with Crippen molar-refractivity contribution >= 4 is 39.2 Å². The van der Waals surface area contributed by atoms with Crippen molar-refractivity contribution in [2.75, 3.05) is 6.61 Å². The third-order valence-electron chi connectivity index (χ3n) is 3.84. The van der Waals surface area contributed by atoms with Crippen LogP contribution in [0.25, 0.3) is 0 Å². The molecule has 0 saturated carbocycles. The van der Waals surface area contributed by atoms with Gasteiger partial charge >= 0.3 is 5.97 Å². The molecule has 0 saturated heterocycles. The summed E-state index contributed by atoms with van der Waals surface area (Å²) in [5.41, 5.74) is 0.748.